The molecule has 2 saturated heterocycles. The number of sulfonamides is 1. The molecular weight excluding hydrogens is 398 g/mol. The van der Waals surface area contributed by atoms with Crippen LogP contribution in [0.3, 0.4) is 0 Å². The van der Waals surface area contributed by atoms with Crippen LogP contribution < -0.4 is 0 Å². The van der Waals surface area contributed by atoms with Crippen LogP contribution in [0.2, 0.25) is 0 Å². The maximum atomic E-state index is 12.7. The van der Waals surface area contributed by atoms with E-state index in [4.69, 9.17) is 0 Å². The van der Waals surface area contributed by atoms with E-state index in [1.165, 1.54) is 20.5 Å². The van der Waals surface area contributed by atoms with Gasteiger partial charge < -0.3 is 0 Å². The van der Waals surface area contributed by atoms with Crippen molar-refractivity contribution in [2.75, 3.05) is 39.3 Å². The molecule has 2 aliphatic heterocycles. The third-order valence-corrected chi connectivity index (χ3v) is 9.89. The molecule has 1 aromatic rings. The summed E-state index contributed by atoms with van der Waals surface area (Å²) in [5.41, 5.74) is 0. The zero-order valence-corrected chi connectivity index (χ0v) is 17.1. The Labute approximate surface area is 168 Å². The Balaban J connectivity index is 1.16. The quantitative estimate of drug-likeness (QED) is 0.521. The first-order chi connectivity index (χ1) is 13.5. The minimum atomic E-state index is -3.41. The SMILES string of the molecule is O=C1[C@@H]2[C@H](C(=O)N1CCN1CCN(S(=O)(=O)c3cccs3)CC1)[C@H]1C=C[C@H]2C1. The summed E-state index contributed by atoms with van der Waals surface area (Å²) < 4.78 is 27.1. The first-order valence-corrected chi connectivity index (χ1v) is 12.1. The van der Waals surface area contributed by atoms with Gasteiger partial charge in [-0.1, -0.05) is 18.2 Å². The van der Waals surface area contributed by atoms with Crippen LogP contribution >= 0.6 is 11.3 Å². The number of allylic oxidation sites excluding steroid dienone is 2. The van der Waals surface area contributed by atoms with Gasteiger partial charge in [-0.2, -0.15) is 4.31 Å². The smallest absolute Gasteiger partial charge is 0.252 e. The van der Waals surface area contributed by atoms with Crippen molar-refractivity contribution in [3.05, 3.63) is 29.7 Å². The average molecular weight is 422 g/mol. The highest BCUT2D eigenvalue weighted by atomic mass is 32.2. The number of carbonyl (C=O) groups excluding carboxylic acids is 2. The summed E-state index contributed by atoms with van der Waals surface area (Å²) in [5.74, 6) is 0.173. The van der Waals surface area contributed by atoms with Gasteiger partial charge >= 0.3 is 0 Å². The molecule has 1 saturated carbocycles. The van der Waals surface area contributed by atoms with Gasteiger partial charge in [-0.25, -0.2) is 8.42 Å². The minimum Gasteiger partial charge on any atom is -0.299 e. The van der Waals surface area contributed by atoms with E-state index < -0.39 is 10.0 Å². The predicted octanol–water partition coefficient (Wildman–Crippen LogP) is 0.862. The minimum absolute atomic E-state index is 0.00856. The molecular formula is C19H23N3O4S2. The summed E-state index contributed by atoms with van der Waals surface area (Å²) >= 11 is 1.24. The summed E-state index contributed by atoms with van der Waals surface area (Å²) in [6, 6.07) is 3.38. The molecule has 0 radical (unpaired) electrons. The third kappa shape index (κ3) is 2.79. The number of hydrogen-bond acceptors (Lipinski definition) is 6. The van der Waals surface area contributed by atoms with E-state index in [-0.39, 0.29) is 35.5 Å². The van der Waals surface area contributed by atoms with E-state index in [0.717, 1.165) is 6.42 Å². The summed E-state index contributed by atoms with van der Waals surface area (Å²) in [7, 11) is -3.41. The fourth-order valence-electron chi connectivity index (χ4n) is 5.16. The summed E-state index contributed by atoms with van der Waals surface area (Å²) in [6.45, 7) is 3.10. The molecule has 7 nitrogen and oxygen atoms in total. The van der Waals surface area contributed by atoms with Crippen molar-refractivity contribution < 1.29 is 18.0 Å². The van der Waals surface area contributed by atoms with Gasteiger partial charge in [0.05, 0.1) is 11.8 Å². The molecule has 28 heavy (non-hydrogen) atoms. The van der Waals surface area contributed by atoms with E-state index in [1.807, 2.05) is 0 Å². The van der Waals surface area contributed by atoms with Gasteiger partial charge in [-0.3, -0.25) is 19.4 Å². The van der Waals surface area contributed by atoms with Crippen LogP contribution in [-0.2, 0) is 19.6 Å². The van der Waals surface area contributed by atoms with Crippen LogP contribution in [-0.4, -0.2) is 73.6 Å². The van der Waals surface area contributed by atoms with Gasteiger partial charge in [0.15, 0.2) is 0 Å². The summed E-state index contributed by atoms with van der Waals surface area (Å²) in [5, 5.41) is 1.77. The number of imide groups is 1. The van der Waals surface area contributed by atoms with Crippen LogP contribution in [0.5, 0.6) is 0 Å². The maximum absolute atomic E-state index is 12.7. The maximum Gasteiger partial charge on any atom is 0.252 e. The monoisotopic (exact) mass is 421 g/mol. The molecule has 3 fully saturated rings. The predicted molar refractivity (Wildman–Crippen MR) is 104 cm³/mol. The van der Waals surface area contributed by atoms with Crippen LogP contribution in [0.15, 0.2) is 33.9 Å². The van der Waals surface area contributed by atoms with Crippen LogP contribution in [0.1, 0.15) is 6.42 Å². The highest BCUT2D eigenvalue weighted by Crippen LogP contribution is 2.52. The molecule has 5 rings (SSSR count). The standard InChI is InChI=1S/C19H23N3O4S2/c23-18-16-13-3-4-14(12-13)17(16)19(24)22(18)10-7-20-5-8-21(9-6-20)28(25,26)15-2-1-11-27-15/h1-4,11,13-14,16-17H,5-10,12H2/t13-,14-,16-,17+/m0/s1. The lowest BCUT2D eigenvalue weighted by molar-refractivity contribution is -0.140. The number of amides is 2. The van der Waals surface area contributed by atoms with Crippen molar-refractivity contribution in [1.82, 2.24) is 14.1 Å². The highest BCUT2D eigenvalue weighted by molar-refractivity contribution is 7.91. The Kier molecular flexibility index (Phi) is 4.46. The molecule has 2 bridgehead atoms. The van der Waals surface area contributed by atoms with Gasteiger partial charge in [0.1, 0.15) is 4.21 Å². The zero-order chi connectivity index (χ0) is 19.5. The van der Waals surface area contributed by atoms with E-state index in [1.54, 1.807) is 17.5 Å². The summed E-state index contributed by atoms with van der Waals surface area (Å²) in [6.07, 6.45) is 5.16. The topological polar surface area (TPSA) is 78.0 Å². The molecule has 2 aliphatic carbocycles. The van der Waals surface area contributed by atoms with Crippen molar-refractivity contribution in [1.29, 1.82) is 0 Å². The molecule has 0 spiro atoms. The van der Waals surface area contributed by atoms with Crippen molar-refractivity contribution >= 4 is 33.2 Å². The van der Waals surface area contributed by atoms with Gasteiger partial charge in [0, 0.05) is 39.3 Å². The van der Waals surface area contributed by atoms with Gasteiger partial charge in [0.2, 0.25) is 11.8 Å². The Bertz CT molecular complexity index is 889. The number of thiophene rings is 1. The van der Waals surface area contributed by atoms with E-state index in [9.17, 15) is 18.0 Å². The molecule has 4 aliphatic rings. The second-order valence-electron chi connectivity index (χ2n) is 8.01. The number of nitrogens with zero attached hydrogens (tertiary/aromatic N) is 3. The van der Waals surface area contributed by atoms with E-state index in [2.05, 4.69) is 17.1 Å². The largest absolute Gasteiger partial charge is 0.299 e. The van der Waals surface area contributed by atoms with Crippen molar-refractivity contribution in [2.45, 2.75) is 10.6 Å². The second kappa shape index (κ2) is 6.76. The Morgan fingerprint density at radius 2 is 1.61 bits per heavy atom. The lowest BCUT2D eigenvalue weighted by Crippen LogP contribution is -2.50. The Hall–Kier alpha value is -1.55. The van der Waals surface area contributed by atoms with Crippen molar-refractivity contribution in [3.63, 3.8) is 0 Å². The molecule has 3 heterocycles. The average Bonchev–Trinajstić information content (AvgIpc) is 3.47. The fourth-order valence-corrected chi connectivity index (χ4v) is 7.72. The molecule has 0 N–H and O–H groups in total. The van der Waals surface area contributed by atoms with E-state index in [0.29, 0.717) is 43.5 Å². The number of hydrogen-bond donors (Lipinski definition) is 0. The lowest BCUT2D eigenvalue weighted by atomic mass is 9.85. The third-order valence-electron chi connectivity index (χ3n) is 6.62. The Morgan fingerprint density at radius 1 is 0.964 bits per heavy atom. The molecule has 0 aromatic carbocycles. The number of piperazine rings is 1. The number of likely N-dealkylation sites (tertiary alicyclic amines) is 1. The van der Waals surface area contributed by atoms with Gasteiger partial charge in [0.25, 0.3) is 10.0 Å². The normalized spacial score (nSPS) is 33.2. The first-order valence-electron chi connectivity index (χ1n) is 9.76. The van der Waals surface area contributed by atoms with Crippen molar-refractivity contribution in [2.24, 2.45) is 23.7 Å². The van der Waals surface area contributed by atoms with Crippen LogP contribution in [0, 0.1) is 23.7 Å². The van der Waals surface area contributed by atoms with Crippen LogP contribution in [0.4, 0.5) is 0 Å². The zero-order valence-electron chi connectivity index (χ0n) is 15.4. The van der Waals surface area contributed by atoms with Crippen LogP contribution in [0.25, 0.3) is 0 Å². The summed E-state index contributed by atoms with van der Waals surface area (Å²) in [4.78, 5) is 29.1. The van der Waals surface area contributed by atoms with Crippen molar-refractivity contribution in [3.8, 4) is 0 Å². The van der Waals surface area contributed by atoms with Gasteiger partial charge in [-0.05, 0) is 29.7 Å². The fraction of sp³-hybridized carbons (Fsp3) is 0.579. The molecule has 0 unspecified atom stereocenters. The number of rotatable bonds is 5. The highest BCUT2D eigenvalue weighted by Gasteiger charge is 2.59. The molecule has 1 aromatic heterocycles. The second-order valence-corrected chi connectivity index (χ2v) is 11.1. The number of carbonyl (C=O) groups is 2. The molecule has 2 amide bonds. The molecule has 4 atom stereocenters. The van der Waals surface area contributed by atoms with E-state index >= 15 is 0 Å². The molecule has 9 heteroatoms. The molecule has 150 valence electrons. The van der Waals surface area contributed by atoms with Gasteiger partial charge in [-0.15, -0.1) is 11.3 Å². The number of fused-ring (bicyclic) bond motifs is 5. The Morgan fingerprint density at radius 3 is 2.18 bits per heavy atom. The first kappa shape index (κ1) is 18.5. The lowest BCUT2D eigenvalue weighted by Gasteiger charge is -2.34.